The highest BCUT2D eigenvalue weighted by Gasteiger charge is 2.40. The van der Waals surface area contributed by atoms with Gasteiger partial charge in [-0.15, -0.1) is 0 Å². The molecule has 0 aromatic carbocycles. The van der Waals surface area contributed by atoms with Crippen LogP contribution in [0.1, 0.15) is 45.4 Å². The predicted molar refractivity (Wildman–Crippen MR) is 72.3 cm³/mol. The van der Waals surface area contributed by atoms with E-state index in [1.807, 2.05) is 0 Å². The van der Waals surface area contributed by atoms with Crippen LogP contribution in [-0.2, 0) is 14.6 Å². The van der Waals surface area contributed by atoms with Crippen molar-refractivity contribution in [2.75, 3.05) is 19.1 Å². The first-order valence-corrected chi connectivity index (χ1v) is 8.76. The van der Waals surface area contributed by atoms with Crippen molar-refractivity contribution < 1.29 is 18.3 Å². The Bertz CT molecular complexity index is 342. The van der Waals surface area contributed by atoms with Crippen LogP contribution in [0.4, 0.5) is 0 Å². The summed E-state index contributed by atoms with van der Waals surface area (Å²) in [5, 5.41) is 10.3. The van der Waals surface area contributed by atoms with Crippen LogP contribution in [0.15, 0.2) is 0 Å². The van der Waals surface area contributed by atoms with E-state index in [1.165, 1.54) is 6.26 Å². The minimum atomic E-state index is -2.94. The lowest BCUT2D eigenvalue weighted by atomic mass is 9.75. The highest BCUT2D eigenvalue weighted by atomic mass is 32.2. The van der Waals surface area contributed by atoms with Gasteiger partial charge in [0, 0.05) is 19.1 Å². The third-order valence-electron chi connectivity index (χ3n) is 4.13. The zero-order valence-electron chi connectivity index (χ0n) is 11.7. The van der Waals surface area contributed by atoms with Crippen molar-refractivity contribution >= 4 is 9.84 Å². The van der Waals surface area contributed by atoms with E-state index in [0.29, 0.717) is 18.8 Å². The molecule has 1 unspecified atom stereocenters. The SMILES string of the molecule is COC1(C(O)CCCS(C)(=O)=O)CCC(C)CC1. The molecule has 0 radical (unpaired) electrons. The highest BCUT2D eigenvalue weighted by Crippen LogP contribution is 2.38. The van der Waals surface area contributed by atoms with E-state index in [0.717, 1.165) is 25.7 Å². The molecule has 1 aliphatic carbocycles. The summed E-state index contributed by atoms with van der Waals surface area (Å²) in [6.45, 7) is 2.22. The van der Waals surface area contributed by atoms with E-state index >= 15 is 0 Å². The Morgan fingerprint density at radius 1 is 1.39 bits per heavy atom. The summed E-state index contributed by atoms with van der Waals surface area (Å²) in [6.07, 6.45) is 5.53. The van der Waals surface area contributed by atoms with Crippen molar-refractivity contribution in [3.05, 3.63) is 0 Å². The van der Waals surface area contributed by atoms with Crippen molar-refractivity contribution in [2.24, 2.45) is 5.92 Å². The third kappa shape index (κ3) is 4.52. The number of rotatable bonds is 6. The second kappa shape index (κ2) is 6.35. The van der Waals surface area contributed by atoms with Crippen molar-refractivity contribution in [1.82, 2.24) is 0 Å². The molecule has 5 heteroatoms. The first-order valence-electron chi connectivity index (χ1n) is 6.70. The minimum absolute atomic E-state index is 0.139. The minimum Gasteiger partial charge on any atom is -0.390 e. The molecule has 0 aliphatic heterocycles. The number of hydrogen-bond acceptors (Lipinski definition) is 4. The first-order chi connectivity index (χ1) is 8.29. The smallest absolute Gasteiger partial charge is 0.147 e. The highest BCUT2D eigenvalue weighted by molar-refractivity contribution is 7.90. The second-order valence-electron chi connectivity index (χ2n) is 5.74. The molecule has 18 heavy (non-hydrogen) atoms. The van der Waals surface area contributed by atoms with Crippen LogP contribution < -0.4 is 0 Å². The van der Waals surface area contributed by atoms with Gasteiger partial charge >= 0.3 is 0 Å². The van der Waals surface area contributed by atoms with Crippen LogP contribution in [0, 0.1) is 5.92 Å². The second-order valence-corrected chi connectivity index (χ2v) is 8.00. The van der Waals surface area contributed by atoms with Gasteiger partial charge in [-0.1, -0.05) is 6.92 Å². The van der Waals surface area contributed by atoms with Crippen LogP contribution >= 0.6 is 0 Å². The normalized spacial score (nSPS) is 31.2. The molecular formula is C13H26O4S. The summed E-state index contributed by atoms with van der Waals surface area (Å²) < 4.78 is 27.7. The topological polar surface area (TPSA) is 63.6 Å². The molecule has 0 bridgehead atoms. The Morgan fingerprint density at radius 2 is 1.94 bits per heavy atom. The van der Waals surface area contributed by atoms with Gasteiger partial charge in [-0.25, -0.2) is 8.42 Å². The average molecular weight is 278 g/mol. The molecule has 0 heterocycles. The number of aliphatic hydroxyl groups is 1. The molecular weight excluding hydrogens is 252 g/mol. The van der Waals surface area contributed by atoms with E-state index in [-0.39, 0.29) is 5.75 Å². The Morgan fingerprint density at radius 3 is 2.39 bits per heavy atom. The van der Waals surface area contributed by atoms with Crippen LogP contribution in [0.3, 0.4) is 0 Å². The molecule has 1 aliphatic rings. The molecule has 1 atom stereocenters. The predicted octanol–water partition coefficient (Wildman–Crippen LogP) is 1.77. The molecule has 0 spiro atoms. The molecule has 0 aromatic rings. The summed E-state index contributed by atoms with van der Waals surface area (Å²) in [7, 11) is -1.29. The Kier molecular flexibility index (Phi) is 5.62. The average Bonchev–Trinajstić information content (AvgIpc) is 2.28. The van der Waals surface area contributed by atoms with E-state index in [4.69, 9.17) is 4.74 Å². The molecule has 108 valence electrons. The van der Waals surface area contributed by atoms with E-state index in [1.54, 1.807) is 7.11 Å². The maximum absolute atomic E-state index is 11.1. The maximum Gasteiger partial charge on any atom is 0.147 e. The lowest BCUT2D eigenvalue weighted by Gasteiger charge is -2.41. The van der Waals surface area contributed by atoms with Crippen LogP contribution in [0.25, 0.3) is 0 Å². The fraction of sp³-hybridized carbons (Fsp3) is 1.00. The number of aliphatic hydroxyl groups excluding tert-OH is 1. The number of hydrogen-bond donors (Lipinski definition) is 1. The Balaban J connectivity index is 2.49. The van der Waals surface area contributed by atoms with E-state index in [9.17, 15) is 13.5 Å². The number of sulfone groups is 1. The molecule has 1 saturated carbocycles. The van der Waals surface area contributed by atoms with Gasteiger partial charge in [-0.2, -0.15) is 0 Å². The van der Waals surface area contributed by atoms with Crippen molar-refractivity contribution in [3.8, 4) is 0 Å². The van der Waals surface area contributed by atoms with Gasteiger partial charge in [-0.05, 0) is 44.4 Å². The van der Waals surface area contributed by atoms with Crippen LogP contribution in [0.2, 0.25) is 0 Å². The molecule has 0 aromatic heterocycles. The fourth-order valence-corrected chi connectivity index (χ4v) is 3.42. The first kappa shape index (κ1) is 15.9. The van der Waals surface area contributed by atoms with Gasteiger partial charge in [-0.3, -0.25) is 0 Å². The van der Waals surface area contributed by atoms with Gasteiger partial charge in [0.1, 0.15) is 9.84 Å². The molecule has 1 N–H and O–H groups in total. The molecule has 0 amide bonds. The third-order valence-corrected chi connectivity index (χ3v) is 5.16. The van der Waals surface area contributed by atoms with Crippen molar-refractivity contribution in [3.63, 3.8) is 0 Å². The van der Waals surface area contributed by atoms with Gasteiger partial charge < -0.3 is 9.84 Å². The zero-order chi connectivity index (χ0) is 13.8. The van der Waals surface area contributed by atoms with Gasteiger partial charge in [0.15, 0.2) is 0 Å². The van der Waals surface area contributed by atoms with Crippen LogP contribution in [-0.4, -0.2) is 44.3 Å². The summed E-state index contributed by atoms with van der Waals surface area (Å²) in [4.78, 5) is 0. The Hall–Kier alpha value is -0.130. The Labute approximate surface area is 111 Å². The summed E-state index contributed by atoms with van der Waals surface area (Å²) in [5.74, 6) is 0.830. The van der Waals surface area contributed by atoms with Crippen molar-refractivity contribution in [2.45, 2.75) is 57.2 Å². The lowest BCUT2D eigenvalue weighted by molar-refractivity contribution is -0.130. The summed E-state index contributed by atoms with van der Waals surface area (Å²) in [5.41, 5.74) is -0.454. The monoisotopic (exact) mass is 278 g/mol. The zero-order valence-corrected chi connectivity index (χ0v) is 12.5. The van der Waals surface area contributed by atoms with Crippen molar-refractivity contribution in [1.29, 1.82) is 0 Å². The number of methoxy groups -OCH3 is 1. The lowest BCUT2D eigenvalue weighted by Crippen LogP contribution is -2.47. The van der Waals surface area contributed by atoms with Gasteiger partial charge in [0.05, 0.1) is 11.7 Å². The van der Waals surface area contributed by atoms with E-state index < -0.39 is 21.5 Å². The summed E-state index contributed by atoms with van der Waals surface area (Å²) >= 11 is 0. The summed E-state index contributed by atoms with van der Waals surface area (Å²) in [6, 6.07) is 0. The standard InChI is InChI=1S/C13H26O4S/c1-11-6-8-13(17-2,9-7-11)12(14)5-4-10-18(3,15)16/h11-12,14H,4-10H2,1-3H3. The molecule has 4 nitrogen and oxygen atoms in total. The largest absolute Gasteiger partial charge is 0.390 e. The number of ether oxygens (including phenoxy) is 1. The molecule has 1 fully saturated rings. The quantitative estimate of drug-likeness (QED) is 0.804. The molecule has 1 rings (SSSR count). The van der Waals surface area contributed by atoms with Gasteiger partial charge in [0.25, 0.3) is 0 Å². The van der Waals surface area contributed by atoms with E-state index in [2.05, 4.69) is 6.92 Å². The fourth-order valence-electron chi connectivity index (χ4n) is 2.73. The maximum atomic E-state index is 11.1. The molecule has 0 saturated heterocycles. The van der Waals surface area contributed by atoms with Gasteiger partial charge in [0.2, 0.25) is 0 Å². The van der Waals surface area contributed by atoms with Crippen LogP contribution in [0.5, 0.6) is 0 Å².